The Balaban J connectivity index is 3.24. The molecule has 1 N–H and O–H groups in total. The molecule has 0 aromatic carbocycles. The second-order valence-corrected chi connectivity index (χ2v) is 6.76. The summed E-state index contributed by atoms with van der Waals surface area (Å²) < 4.78 is 1.30. The molecule has 0 aliphatic carbocycles. The number of hydrogen-bond donors (Lipinski definition) is 1. The van der Waals surface area contributed by atoms with Gasteiger partial charge in [-0.3, -0.25) is 0 Å². The van der Waals surface area contributed by atoms with Gasteiger partial charge in [0.2, 0.25) is 0 Å². The predicted octanol–water partition coefficient (Wildman–Crippen LogP) is 5.83. The number of halogens is 1. The Kier molecular flexibility index (Phi) is 14.2. The average molecular weight is 365 g/mol. The topological polar surface area (TPSA) is 12.0 Å². The Labute approximate surface area is 128 Å². The van der Waals surface area contributed by atoms with E-state index in [0.717, 1.165) is 6.04 Å². The summed E-state index contributed by atoms with van der Waals surface area (Å²) in [5.41, 5.74) is 0. The fourth-order valence-corrected chi connectivity index (χ4v) is 2.56. The highest BCUT2D eigenvalue weighted by atomic mass is 127. The van der Waals surface area contributed by atoms with E-state index in [1.54, 1.807) is 0 Å². The number of allylic oxidation sites excluding steroid dienone is 1. The lowest BCUT2D eigenvalue weighted by atomic mass is 10.1. The Hall–Kier alpha value is 0.430. The molecule has 0 heterocycles. The highest BCUT2D eigenvalue weighted by molar-refractivity contribution is 14.1. The standard InChI is InChI=1S/C16H32IN/c1-4-6-13-16(5-2)18-14-11-9-7-8-10-12-15(3)17/h16,18H,3-14H2,1-2H3. The van der Waals surface area contributed by atoms with Crippen LogP contribution < -0.4 is 5.32 Å². The van der Waals surface area contributed by atoms with Crippen LogP contribution in [-0.4, -0.2) is 12.6 Å². The summed E-state index contributed by atoms with van der Waals surface area (Å²) in [5.74, 6) is 0. The first-order valence-electron chi connectivity index (χ1n) is 7.77. The summed E-state index contributed by atoms with van der Waals surface area (Å²) in [7, 11) is 0. The third kappa shape index (κ3) is 12.9. The molecule has 1 unspecified atom stereocenters. The summed E-state index contributed by atoms with van der Waals surface area (Å²) in [6.07, 6.45) is 13.3. The van der Waals surface area contributed by atoms with Gasteiger partial charge in [-0.2, -0.15) is 0 Å². The van der Waals surface area contributed by atoms with Crippen molar-refractivity contribution in [3.05, 3.63) is 10.2 Å². The summed E-state index contributed by atoms with van der Waals surface area (Å²) in [6, 6.07) is 0.757. The molecular weight excluding hydrogens is 333 g/mol. The van der Waals surface area contributed by atoms with Gasteiger partial charge in [0.05, 0.1) is 0 Å². The average Bonchev–Trinajstić information content (AvgIpc) is 2.35. The third-order valence-corrected chi connectivity index (χ3v) is 4.00. The van der Waals surface area contributed by atoms with E-state index in [2.05, 4.69) is 48.3 Å². The summed E-state index contributed by atoms with van der Waals surface area (Å²) >= 11 is 2.33. The van der Waals surface area contributed by atoms with Crippen LogP contribution in [0, 0.1) is 0 Å². The van der Waals surface area contributed by atoms with Gasteiger partial charge in [-0.05, 0) is 64.8 Å². The molecule has 0 aromatic rings. The molecule has 0 aromatic heterocycles. The van der Waals surface area contributed by atoms with E-state index < -0.39 is 0 Å². The van der Waals surface area contributed by atoms with Gasteiger partial charge < -0.3 is 5.32 Å². The summed E-state index contributed by atoms with van der Waals surface area (Å²) in [4.78, 5) is 0. The minimum absolute atomic E-state index is 0.757. The number of hydrogen-bond acceptors (Lipinski definition) is 1. The molecule has 0 spiro atoms. The molecule has 0 aliphatic heterocycles. The molecule has 1 atom stereocenters. The zero-order chi connectivity index (χ0) is 13.6. The molecule has 0 amide bonds. The van der Waals surface area contributed by atoms with Crippen LogP contribution in [0.3, 0.4) is 0 Å². The van der Waals surface area contributed by atoms with E-state index in [1.165, 1.54) is 74.3 Å². The van der Waals surface area contributed by atoms with Gasteiger partial charge in [0, 0.05) is 6.04 Å². The molecule has 0 rings (SSSR count). The van der Waals surface area contributed by atoms with Gasteiger partial charge in [-0.15, -0.1) is 0 Å². The molecule has 0 radical (unpaired) electrons. The molecular formula is C16H32IN. The van der Waals surface area contributed by atoms with Crippen LogP contribution in [0.4, 0.5) is 0 Å². The largest absolute Gasteiger partial charge is 0.314 e. The van der Waals surface area contributed by atoms with E-state index >= 15 is 0 Å². The lowest BCUT2D eigenvalue weighted by molar-refractivity contribution is 0.442. The Bertz CT molecular complexity index is 192. The van der Waals surface area contributed by atoms with Crippen molar-refractivity contribution in [2.24, 2.45) is 0 Å². The van der Waals surface area contributed by atoms with Gasteiger partial charge in [-0.1, -0.05) is 52.5 Å². The quantitative estimate of drug-likeness (QED) is 0.320. The highest BCUT2D eigenvalue weighted by Gasteiger charge is 2.03. The van der Waals surface area contributed by atoms with E-state index in [0.29, 0.717) is 0 Å². The molecule has 0 saturated heterocycles. The van der Waals surface area contributed by atoms with Crippen molar-refractivity contribution < 1.29 is 0 Å². The minimum Gasteiger partial charge on any atom is -0.314 e. The molecule has 2 heteroatoms. The van der Waals surface area contributed by atoms with Gasteiger partial charge in [-0.25, -0.2) is 0 Å². The molecule has 1 nitrogen and oxygen atoms in total. The fraction of sp³-hybridized carbons (Fsp3) is 0.875. The van der Waals surface area contributed by atoms with Crippen LogP contribution in [0.5, 0.6) is 0 Å². The number of rotatable bonds is 13. The van der Waals surface area contributed by atoms with Crippen molar-refractivity contribution in [3.63, 3.8) is 0 Å². The van der Waals surface area contributed by atoms with Crippen LogP contribution in [0.1, 0.15) is 78.1 Å². The van der Waals surface area contributed by atoms with E-state index in [9.17, 15) is 0 Å². The SMILES string of the molecule is C=C(I)CCCCCCCNC(CC)CCCC. The van der Waals surface area contributed by atoms with Crippen molar-refractivity contribution in [2.75, 3.05) is 6.54 Å². The van der Waals surface area contributed by atoms with Crippen molar-refractivity contribution in [2.45, 2.75) is 84.1 Å². The third-order valence-electron chi connectivity index (χ3n) is 3.46. The van der Waals surface area contributed by atoms with Gasteiger partial charge in [0.25, 0.3) is 0 Å². The summed E-state index contributed by atoms with van der Waals surface area (Å²) in [5, 5.41) is 3.70. The monoisotopic (exact) mass is 365 g/mol. The van der Waals surface area contributed by atoms with E-state index in [-0.39, 0.29) is 0 Å². The Morgan fingerprint density at radius 3 is 2.33 bits per heavy atom. The van der Waals surface area contributed by atoms with Gasteiger partial charge in [0.15, 0.2) is 0 Å². The van der Waals surface area contributed by atoms with Crippen LogP contribution in [0.2, 0.25) is 0 Å². The second kappa shape index (κ2) is 13.9. The number of nitrogens with one attached hydrogen (secondary N) is 1. The van der Waals surface area contributed by atoms with Crippen molar-refractivity contribution >= 4 is 22.6 Å². The first-order valence-corrected chi connectivity index (χ1v) is 8.85. The second-order valence-electron chi connectivity index (χ2n) is 5.24. The maximum absolute atomic E-state index is 3.93. The van der Waals surface area contributed by atoms with Gasteiger partial charge in [0.1, 0.15) is 0 Å². The first kappa shape index (κ1) is 18.4. The first-order chi connectivity index (χ1) is 8.70. The van der Waals surface area contributed by atoms with Crippen LogP contribution in [0.15, 0.2) is 10.2 Å². The normalized spacial score (nSPS) is 12.6. The van der Waals surface area contributed by atoms with E-state index in [4.69, 9.17) is 0 Å². The smallest absolute Gasteiger partial charge is 0.00644 e. The van der Waals surface area contributed by atoms with Crippen molar-refractivity contribution in [1.29, 1.82) is 0 Å². The fourth-order valence-electron chi connectivity index (χ4n) is 2.18. The van der Waals surface area contributed by atoms with Crippen LogP contribution in [-0.2, 0) is 0 Å². The lowest BCUT2D eigenvalue weighted by Gasteiger charge is -2.16. The van der Waals surface area contributed by atoms with Crippen LogP contribution >= 0.6 is 22.6 Å². The predicted molar refractivity (Wildman–Crippen MR) is 92.5 cm³/mol. The van der Waals surface area contributed by atoms with Gasteiger partial charge >= 0.3 is 0 Å². The van der Waals surface area contributed by atoms with Crippen molar-refractivity contribution in [1.82, 2.24) is 5.32 Å². The molecule has 0 fully saturated rings. The highest BCUT2D eigenvalue weighted by Crippen LogP contribution is 2.14. The maximum atomic E-state index is 3.93. The number of unbranched alkanes of at least 4 members (excludes halogenated alkanes) is 5. The minimum atomic E-state index is 0.757. The molecule has 0 bridgehead atoms. The molecule has 0 aliphatic rings. The maximum Gasteiger partial charge on any atom is 0.00644 e. The molecule has 18 heavy (non-hydrogen) atoms. The van der Waals surface area contributed by atoms with Crippen molar-refractivity contribution in [3.8, 4) is 0 Å². The summed E-state index contributed by atoms with van der Waals surface area (Å²) in [6.45, 7) is 9.71. The molecule has 108 valence electrons. The Morgan fingerprint density at radius 1 is 1.06 bits per heavy atom. The molecule has 0 saturated carbocycles. The zero-order valence-electron chi connectivity index (χ0n) is 12.4. The Morgan fingerprint density at radius 2 is 1.72 bits per heavy atom. The zero-order valence-corrected chi connectivity index (χ0v) is 14.6. The lowest BCUT2D eigenvalue weighted by Crippen LogP contribution is -2.29. The van der Waals surface area contributed by atoms with Crippen LogP contribution in [0.25, 0.3) is 0 Å². The van der Waals surface area contributed by atoms with E-state index in [1.807, 2.05) is 0 Å².